The molecule has 2 aliphatic rings. The molecule has 5 rings (SSSR count). The summed E-state index contributed by atoms with van der Waals surface area (Å²) in [6.45, 7) is 12.5. The molecule has 0 N–H and O–H groups in total. The minimum absolute atomic E-state index is 0.274. The number of sulfone groups is 1. The maximum Gasteiger partial charge on any atom is 0.210 e. The molecule has 44 heavy (non-hydrogen) atoms. The van der Waals surface area contributed by atoms with E-state index in [1.54, 1.807) is 42.2 Å². The third kappa shape index (κ3) is 7.90. The summed E-state index contributed by atoms with van der Waals surface area (Å²) in [6.07, 6.45) is 12.8. The fraction of sp³-hybridized carbons (Fsp3) is 0.571. The van der Waals surface area contributed by atoms with Gasteiger partial charge in [0, 0.05) is 61.8 Å². The average molecular weight is 639 g/mol. The van der Waals surface area contributed by atoms with Gasteiger partial charge in [-0.25, -0.2) is 8.42 Å². The molecule has 240 valence electrons. The van der Waals surface area contributed by atoms with Crippen molar-refractivity contribution in [2.24, 2.45) is 0 Å². The normalized spacial score (nSPS) is 17.4. The van der Waals surface area contributed by atoms with Gasteiger partial charge >= 0.3 is 0 Å². The number of unbranched alkanes of at least 4 members (excludes halogenated alkanes) is 4. The number of piperidine rings is 1. The van der Waals surface area contributed by atoms with E-state index in [0.717, 1.165) is 86.4 Å². The van der Waals surface area contributed by atoms with Crippen molar-refractivity contribution in [3.63, 3.8) is 0 Å². The van der Waals surface area contributed by atoms with Crippen LogP contribution in [0.5, 0.6) is 5.75 Å². The lowest BCUT2D eigenvalue weighted by Gasteiger charge is -2.43. The van der Waals surface area contributed by atoms with Gasteiger partial charge in [0.15, 0.2) is 0 Å². The van der Waals surface area contributed by atoms with Crippen LogP contribution >= 0.6 is 11.8 Å². The van der Waals surface area contributed by atoms with Gasteiger partial charge in [-0.3, -0.25) is 9.88 Å². The second-order valence-corrected chi connectivity index (χ2v) is 15.0. The van der Waals surface area contributed by atoms with Crippen molar-refractivity contribution in [3.8, 4) is 5.75 Å². The van der Waals surface area contributed by atoms with E-state index < -0.39 is 9.84 Å². The fourth-order valence-corrected chi connectivity index (χ4v) is 8.52. The van der Waals surface area contributed by atoms with E-state index in [1.807, 2.05) is 6.07 Å². The van der Waals surface area contributed by atoms with Crippen LogP contribution in [0.3, 0.4) is 0 Å². The lowest BCUT2D eigenvalue weighted by atomic mass is 10.0. The molecule has 0 saturated carbocycles. The summed E-state index contributed by atoms with van der Waals surface area (Å²) in [5.74, 6) is 0.707. The first kappa shape index (κ1) is 33.0. The molecule has 3 heterocycles. The molecule has 0 amide bonds. The van der Waals surface area contributed by atoms with Crippen LogP contribution in [0.2, 0.25) is 0 Å². The molecule has 2 aromatic carbocycles. The molecule has 9 heteroatoms. The van der Waals surface area contributed by atoms with Crippen LogP contribution in [0.1, 0.15) is 65.2 Å². The van der Waals surface area contributed by atoms with E-state index >= 15 is 0 Å². The predicted molar refractivity (Wildman–Crippen MR) is 183 cm³/mol. The lowest BCUT2D eigenvalue weighted by molar-refractivity contribution is 0.0850. The van der Waals surface area contributed by atoms with Crippen LogP contribution < -0.4 is 9.64 Å². The van der Waals surface area contributed by atoms with E-state index in [9.17, 15) is 8.42 Å². The molecule has 0 atom stereocenters. The molecule has 0 radical (unpaired) electrons. The molecule has 2 aliphatic heterocycles. The Kier molecular flexibility index (Phi) is 11.9. The summed E-state index contributed by atoms with van der Waals surface area (Å²) in [5, 5.41) is 0.910. The quantitative estimate of drug-likeness (QED) is 0.136. The molecule has 7 nitrogen and oxygen atoms in total. The Bertz CT molecular complexity index is 1450. The highest BCUT2D eigenvalue weighted by Crippen LogP contribution is 2.39. The molecule has 0 spiro atoms. The first-order chi connectivity index (χ1) is 21.4. The molecule has 2 fully saturated rings. The maximum absolute atomic E-state index is 14.2. The lowest BCUT2D eigenvalue weighted by Crippen LogP contribution is -2.53. The van der Waals surface area contributed by atoms with Crippen molar-refractivity contribution in [1.29, 1.82) is 0 Å². The van der Waals surface area contributed by atoms with Crippen molar-refractivity contribution in [1.82, 2.24) is 14.8 Å². The van der Waals surface area contributed by atoms with Gasteiger partial charge in [-0.1, -0.05) is 39.5 Å². The Morgan fingerprint density at radius 1 is 0.886 bits per heavy atom. The van der Waals surface area contributed by atoms with Gasteiger partial charge in [0.05, 0.1) is 22.7 Å². The SMILES string of the molecule is CCCCCCCOc1ccc(S(=O)(=O)c2cnc3ccc(SC)cc3c2N2CCC(N3CCN(CCC)CC3)CC2)cc1. The van der Waals surface area contributed by atoms with E-state index in [-0.39, 0.29) is 4.90 Å². The number of pyridine rings is 1. The Morgan fingerprint density at radius 2 is 1.61 bits per heavy atom. The Hall–Kier alpha value is -2.33. The number of piperazine rings is 1. The van der Waals surface area contributed by atoms with Crippen LogP contribution in [-0.2, 0) is 9.84 Å². The van der Waals surface area contributed by atoms with Crippen molar-refractivity contribution in [3.05, 3.63) is 48.7 Å². The third-order valence-electron chi connectivity index (χ3n) is 9.20. The van der Waals surface area contributed by atoms with Crippen LogP contribution in [0.25, 0.3) is 10.9 Å². The highest BCUT2D eigenvalue weighted by Gasteiger charge is 2.32. The minimum Gasteiger partial charge on any atom is -0.494 e. The zero-order valence-electron chi connectivity index (χ0n) is 26.8. The average Bonchev–Trinajstić information content (AvgIpc) is 3.06. The molecular formula is C35H50N4O3S2. The second kappa shape index (κ2) is 15.8. The van der Waals surface area contributed by atoms with Crippen LogP contribution in [0.15, 0.2) is 63.3 Å². The Balaban J connectivity index is 1.36. The van der Waals surface area contributed by atoms with E-state index in [1.165, 1.54) is 32.2 Å². The monoisotopic (exact) mass is 638 g/mol. The van der Waals surface area contributed by atoms with Crippen LogP contribution in [0, 0.1) is 0 Å². The number of anilines is 1. The van der Waals surface area contributed by atoms with E-state index in [4.69, 9.17) is 4.74 Å². The molecule has 0 aliphatic carbocycles. The number of hydrogen-bond donors (Lipinski definition) is 0. The highest BCUT2D eigenvalue weighted by molar-refractivity contribution is 7.98. The molecular weight excluding hydrogens is 589 g/mol. The second-order valence-electron chi connectivity index (χ2n) is 12.2. The van der Waals surface area contributed by atoms with Gasteiger partial charge < -0.3 is 14.5 Å². The van der Waals surface area contributed by atoms with Gasteiger partial charge in [0.1, 0.15) is 10.6 Å². The number of ether oxygens (including phenoxy) is 1. The minimum atomic E-state index is -3.81. The molecule has 0 bridgehead atoms. The van der Waals surface area contributed by atoms with Crippen molar-refractivity contribution in [2.45, 2.75) is 85.9 Å². The third-order valence-corrected chi connectivity index (χ3v) is 11.7. The van der Waals surface area contributed by atoms with E-state index in [0.29, 0.717) is 23.3 Å². The topological polar surface area (TPSA) is 66.0 Å². The maximum atomic E-state index is 14.2. The molecule has 1 aromatic heterocycles. The van der Waals surface area contributed by atoms with Gasteiger partial charge in [-0.05, 0) is 80.9 Å². The van der Waals surface area contributed by atoms with Gasteiger partial charge in [-0.15, -0.1) is 11.8 Å². The fourth-order valence-electron chi connectivity index (χ4n) is 6.65. The zero-order chi connectivity index (χ0) is 30.9. The van der Waals surface area contributed by atoms with Crippen LogP contribution in [0.4, 0.5) is 5.69 Å². The number of fused-ring (bicyclic) bond motifs is 1. The predicted octanol–water partition coefficient (Wildman–Crippen LogP) is 7.14. The largest absolute Gasteiger partial charge is 0.494 e. The van der Waals surface area contributed by atoms with Crippen LogP contribution in [-0.4, -0.2) is 87.9 Å². The first-order valence-corrected chi connectivity index (χ1v) is 19.3. The first-order valence-electron chi connectivity index (χ1n) is 16.6. The summed E-state index contributed by atoms with van der Waals surface area (Å²) < 4.78 is 34.4. The van der Waals surface area contributed by atoms with Crippen molar-refractivity contribution >= 4 is 38.2 Å². The summed E-state index contributed by atoms with van der Waals surface area (Å²) in [7, 11) is -3.81. The molecule has 3 aromatic rings. The summed E-state index contributed by atoms with van der Waals surface area (Å²) >= 11 is 1.66. The van der Waals surface area contributed by atoms with Gasteiger partial charge in [-0.2, -0.15) is 0 Å². The molecule has 2 saturated heterocycles. The standard InChI is InChI=1S/C35H50N4O3S2/c1-4-6-7-8-9-25-42-29-10-13-31(14-11-29)44(40,41)34-27-36-33-15-12-30(43-3)26-32(33)35(34)39-19-16-28(17-20-39)38-23-21-37(18-5-2)22-24-38/h10-15,26-28H,4-9,16-25H2,1-3H3. The smallest absolute Gasteiger partial charge is 0.210 e. The number of thioether (sulfide) groups is 1. The number of nitrogens with zero attached hydrogens (tertiary/aromatic N) is 4. The van der Waals surface area contributed by atoms with Gasteiger partial charge in [0.25, 0.3) is 0 Å². The Labute approximate surface area is 269 Å². The summed E-state index contributed by atoms with van der Waals surface area (Å²) in [4.78, 5) is 13.9. The zero-order valence-corrected chi connectivity index (χ0v) is 28.5. The summed E-state index contributed by atoms with van der Waals surface area (Å²) in [6, 6.07) is 13.6. The number of rotatable bonds is 14. The van der Waals surface area contributed by atoms with Crippen molar-refractivity contribution < 1.29 is 13.2 Å². The van der Waals surface area contributed by atoms with Crippen molar-refractivity contribution in [2.75, 3.05) is 63.6 Å². The Morgan fingerprint density at radius 3 is 2.30 bits per heavy atom. The summed E-state index contributed by atoms with van der Waals surface area (Å²) in [5.41, 5.74) is 1.62. The van der Waals surface area contributed by atoms with Gasteiger partial charge in [0.2, 0.25) is 9.84 Å². The number of aromatic nitrogens is 1. The number of hydrogen-bond acceptors (Lipinski definition) is 8. The number of benzene rings is 2. The molecule has 0 unspecified atom stereocenters. The highest BCUT2D eigenvalue weighted by atomic mass is 32.2. The van der Waals surface area contributed by atoms with E-state index in [2.05, 4.69) is 51.9 Å².